The highest BCUT2D eigenvalue weighted by Gasteiger charge is 2.59. The molecule has 2 aromatic heterocycles. The number of rotatable bonds is 7. The molecular weight excluding hydrogens is 665 g/mol. The number of carbonyl (C=O) groups excluding carboxylic acids is 4. The number of hydrogen-bond acceptors (Lipinski definition) is 8. The standard InChI is InChI=1S/C39H46N6O5S/c1-25(46)39-23-26(39)12-5-3-2-4-6-18-33(43-38(49)40-27-13-7-8-14-27)37(48)45-24-28(22-34(45)35(47)44-39)50-36-32(20-19-29-15-11-21-51-29)41-30-16-9-10-17-31(30)42-36/h5,9-12,15-17,19-21,26-28,33-34H,2-4,6-8,13-14,18,22-24H2,1H3,(H,44,47)(H2,40,43,49)/b12-5-,20-19-/t26-,28?,33+,34+,39+/m1/s1. The zero-order valence-corrected chi connectivity index (χ0v) is 29.8. The van der Waals surface area contributed by atoms with Gasteiger partial charge in [0, 0.05) is 23.3 Å². The van der Waals surface area contributed by atoms with E-state index >= 15 is 0 Å². The first kappa shape index (κ1) is 34.9. The lowest BCUT2D eigenvalue weighted by molar-refractivity contribution is -0.141. The smallest absolute Gasteiger partial charge is 0.315 e. The molecule has 4 aliphatic rings. The zero-order valence-electron chi connectivity index (χ0n) is 29.0. The molecule has 2 aliphatic carbocycles. The first-order valence-electron chi connectivity index (χ1n) is 18.3. The highest BCUT2D eigenvalue weighted by Crippen LogP contribution is 2.46. The molecule has 4 amide bonds. The minimum atomic E-state index is -0.982. The van der Waals surface area contributed by atoms with Crippen LogP contribution in [0.2, 0.25) is 0 Å². The van der Waals surface area contributed by atoms with Crippen molar-refractivity contribution in [1.29, 1.82) is 0 Å². The van der Waals surface area contributed by atoms with Crippen LogP contribution in [-0.4, -0.2) is 74.8 Å². The maximum atomic E-state index is 14.5. The van der Waals surface area contributed by atoms with E-state index in [1.54, 1.807) is 11.3 Å². The van der Waals surface area contributed by atoms with E-state index < -0.39 is 29.6 Å². The first-order chi connectivity index (χ1) is 24.8. The van der Waals surface area contributed by atoms with Crippen molar-refractivity contribution >= 4 is 58.2 Å². The number of para-hydroxylation sites is 2. The lowest BCUT2D eigenvalue weighted by Crippen LogP contribution is -2.57. The van der Waals surface area contributed by atoms with E-state index in [4.69, 9.17) is 14.7 Å². The summed E-state index contributed by atoms with van der Waals surface area (Å²) in [7, 11) is 0. The molecule has 51 heavy (non-hydrogen) atoms. The van der Waals surface area contributed by atoms with Crippen molar-refractivity contribution in [3.63, 3.8) is 0 Å². The fraction of sp³-hybridized carbons (Fsp3) is 0.487. The van der Waals surface area contributed by atoms with Gasteiger partial charge in [-0.25, -0.2) is 14.8 Å². The van der Waals surface area contributed by atoms with Gasteiger partial charge in [-0.15, -0.1) is 11.3 Å². The summed E-state index contributed by atoms with van der Waals surface area (Å²) in [4.78, 5) is 67.1. The molecule has 0 radical (unpaired) electrons. The quantitative estimate of drug-likeness (QED) is 0.263. The van der Waals surface area contributed by atoms with E-state index in [1.165, 1.54) is 11.8 Å². The summed E-state index contributed by atoms with van der Waals surface area (Å²) in [5.41, 5.74) is 0.936. The van der Waals surface area contributed by atoms with E-state index in [9.17, 15) is 19.2 Å². The summed E-state index contributed by atoms with van der Waals surface area (Å²) in [6, 6.07) is 9.55. The van der Waals surface area contributed by atoms with Gasteiger partial charge in [-0.1, -0.05) is 56.0 Å². The fourth-order valence-corrected chi connectivity index (χ4v) is 8.31. The molecule has 1 aromatic carbocycles. The van der Waals surface area contributed by atoms with Crippen LogP contribution in [0.3, 0.4) is 0 Å². The SMILES string of the molecule is CC(=O)[C@@]12C[C@H]1/C=C\CCCCC[C@H](NC(=O)NC1CCCC1)C(=O)N1CC(Oc3nc4ccccc4nc3/C=C\c3cccs3)C[C@H]1C(=O)N2. The van der Waals surface area contributed by atoms with E-state index in [0.717, 1.165) is 61.8 Å². The minimum Gasteiger partial charge on any atom is -0.471 e. The zero-order chi connectivity index (χ0) is 35.4. The van der Waals surface area contributed by atoms with E-state index in [-0.39, 0.29) is 42.6 Å². The Balaban J connectivity index is 1.18. The maximum Gasteiger partial charge on any atom is 0.315 e. The second kappa shape index (κ2) is 15.3. The van der Waals surface area contributed by atoms with Crippen LogP contribution < -0.4 is 20.7 Å². The molecule has 7 rings (SSSR count). The van der Waals surface area contributed by atoms with Gasteiger partial charge in [-0.2, -0.15) is 0 Å². The second-order valence-electron chi connectivity index (χ2n) is 14.3. The molecule has 2 saturated carbocycles. The molecule has 0 bridgehead atoms. The van der Waals surface area contributed by atoms with Crippen LogP contribution in [0.1, 0.15) is 88.1 Å². The molecule has 3 N–H and O–H groups in total. The number of nitrogens with zero attached hydrogens (tertiary/aromatic N) is 3. The summed E-state index contributed by atoms with van der Waals surface area (Å²) in [5.74, 6) is -0.606. The Morgan fingerprint density at radius 2 is 1.76 bits per heavy atom. The van der Waals surface area contributed by atoms with Gasteiger partial charge in [0.15, 0.2) is 5.78 Å². The molecule has 3 aromatic rings. The normalized spacial score (nSPS) is 28.0. The summed E-state index contributed by atoms with van der Waals surface area (Å²) < 4.78 is 6.56. The van der Waals surface area contributed by atoms with Crippen LogP contribution in [-0.2, 0) is 14.4 Å². The molecule has 1 saturated heterocycles. The highest BCUT2D eigenvalue weighted by molar-refractivity contribution is 7.10. The average molecular weight is 711 g/mol. The highest BCUT2D eigenvalue weighted by atomic mass is 32.1. The largest absolute Gasteiger partial charge is 0.471 e. The molecule has 268 valence electrons. The van der Waals surface area contributed by atoms with Crippen molar-refractivity contribution in [3.8, 4) is 5.88 Å². The Bertz CT molecular complexity index is 1820. The van der Waals surface area contributed by atoms with Gasteiger partial charge in [0.05, 0.1) is 17.6 Å². The lowest BCUT2D eigenvalue weighted by atomic mass is 10.0. The van der Waals surface area contributed by atoms with Gasteiger partial charge < -0.3 is 25.6 Å². The molecule has 11 nitrogen and oxygen atoms in total. The maximum absolute atomic E-state index is 14.5. The van der Waals surface area contributed by atoms with Crippen LogP contribution in [0.25, 0.3) is 23.2 Å². The van der Waals surface area contributed by atoms with Gasteiger partial charge in [0.2, 0.25) is 17.7 Å². The number of fused-ring (bicyclic) bond motifs is 3. The summed E-state index contributed by atoms with van der Waals surface area (Å²) >= 11 is 1.60. The van der Waals surface area contributed by atoms with Crippen molar-refractivity contribution in [1.82, 2.24) is 30.8 Å². The second-order valence-corrected chi connectivity index (χ2v) is 15.3. The van der Waals surface area contributed by atoms with Crippen molar-refractivity contribution in [2.24, 2.45) is 5.92 Å². The molecule has 0 spiro atoms. The molecule has 12 heteroatoms. The topological polar surface area (TPSA) is 143 Å². The molecule has 4 heterocycles. The Morgan fingerprint density at radius 1 is 0.980 bits per heavy atom. The molecule has 2 aliphatic heterocycles. The number of urea groups is 1. The van der Waals surface area contributed by atoms with Crippen molar-refractivity contribution < 1.29 is 23.9 Å². The third-order valence-corrected chi connectivity index (χ3v) is 11.5. The molecule has 5 atom stereocenters. The van der Waals surface area contributed by atoms with Crippen molar-refractivity contribution in [2.45, 2.75) is 107 Å². The van der Waals surface area contributed by atoms with Crippen molar-refractivity contribution in [3.05, 3.63) is 64.5 Å². The Hall–Kier alpha value is -4.58. The summed E-state index contributed by atoms with van der Waals surface area (Å²) in [5, 5.41) is 11.1. The summed E-state index contributed by atoms with van der Waals surface area (Å²) in [6.07, 6.45) is 15.9. The number of amides is 4. The van der Waals surface area contributed by atoms with Gasteiger partial charge in [0.1, 0.15) is 29.4 Å². The minimum absolute atomic E-state index is 0.0825. The lowest BCUT2D eigenvalue weighted by Gasteiger charge is -2.30. The number of hydrogen-bond donors (Lipinski definition) is 3. The van der Waals surface area contributed by atoms with Crippen LogP contribution in [0.15, 0.2) is 53.9 Å². The number of benzene rings is 1. The number of ketones is 1. The van der Waals surface area contributed by atoms with Gasteiger partial charge >= 0.3 is 6.03 Å². The van der Waals surface area contributed by atoms with E-state index in [2.05, 4.69) is 22.0 Å². The van der Waals surface area contributed by atoms with Gasteiger partial charge in [0.25, 0.3) is 0 Å². The number of Topliss-reactive ketones (excluding diaryl/α,β-unsaturated/α-hetero) is 1. The first-order valence-corrected chi connectivity index (χ1v) is 19.2. The predicted octanol–water partition coefficient (Wildman–Crippen LogP) is 5.80. The number of ether oxygens (including phenoxy) is 1. The van der Waals surface area contributed by atoms with Crippen LogP contribution in [0.4, 0.5) is 4.79 Å². The van der Waals surface area contributed by atoms with Crippen LogP contribution in [0.5, 0.6) is 5.88 Å². The third-order valence-electron chi connectivity index (χ3n) is 10.7. The van der Waals surface area contributed by atoms with Crippen molar-refractivity contribution in [2.75, 3.05) is 6.54 Å². The molecule has 1 unspecified atom stereocenters. The molecule has 3 fully saturated rings. The number of carbonyl (C=O) groups is 4. The Morgan fingerprint density at radius 3 is 2.53 bits per heavy atom. The van der Waals surface area contributed by atoms with Gasteiger partial charge in [-0.3, -0.25) is 14.4 Å². The number of nitrogens with one attached hydrogen (secondary N) is 3. The predicted molar refractivity (Wildman–Crippen MR) is 197 cm³/mol. The Labute approximate surface area is 302 Å². The number of thiophene rings is 1. The number of aromatic nitrogens is 2. The number of allylic oxidation sites excluding steroid dienone is 1. The monoisotopic (exact) mass is 710 g/mol. The Kier molecular flexibility index (Phi) is 10.5. The average Bonchev–Trinajstić information content (AvgIpc) is 3.60. The van der Waals surface area contributed by atoms with E-state index in [0.29, 0.717) is 29.9 Å². The molecular formula is C39H46N6O5S. The van der Waals surface area contributed by atoms with Crippen LogP contribution >= 0.6 is 11.3 Å². The van der Waals surface area contributed by atoms with Crippen LogP contribution in [0, 0.1) is 5.92 Å². The van der Waals surface area contributed by atoms with Gasteiger partial charge in [-0.05, 0) is 81.2 Å². The fourth-order valence-electron chi connectivity index (χ4n) is 7.69. The summed E-state index contributed by atoms with van der Waals surface area (Å²) in [6.45, 7) is 1.62. The third kappa shape index (κ3) is 8.01. The van der Waals surface area contributed by atoms with E-state index in [1.807, 2.05) is 60.0 Å².